The van der Waals surface area contributed by atoms with Gasteiger partial charge >= 0.3 is 5.97 Å². The Hall–Kier alpha value is -1.67. The summed E-state index contributed by atoms with van der Waals surface area (Å²) in [5, 5.41) is 0. The van der Waals surface area contributed by atoms with Crippen LogP contribution >= 0.6 is 0 Å². The summed E-state index contributed by atoms with van der Waals surface area (Å²) in [4.78, 5) is 13.5. The van der Waals surface area contributed by atoms with Gasteiger partial charge in [0.1, 0.15) is 0 Å². The first-order valence-corrected chi connectivity index (χ1v) is 9.22. The molecule has 0 unspecified atom stereocenters. The maximum absolute atomic E-state index is 14.5. The van der Waals surface area contributed by atoms with Crippen LogP contribution < -0.4 is 4.90 Å². The van der Waals surface area contributed by atoms with Crippen LogP contribution in [0.5, 0.6) is 0 Å². The van der Waals surface area contributed by atoms with Crippen LogP contribution in [0.3, 0.4) is 0 Å². The van der Waals surface area contributed by atoms with Gasteiger partial charge in [0.05, 0.1) is 30.2 Å². The Bertz CT molecular complexity index is 668. The van der Waals surface area contributed by atoms with Gasteiger partial charge in [-0.25, -0.2) is 9.18 Å². The summed E-state index contributed by atoms with van der Waals surface area (Å²) in [6, 6.07) is 4.58. The van der Waals surface area contributed by atoms with E-state index >= 15 is 0 Å². The molecule has 1 fully saturated rings. The lowest BCUT2D eigenvalue weighted by Crippen LogP contribution is -2.38. The fourth-order valence-electron chi connectivity index (χ4n) is 2.57. The van der Waals surface area contributed by atoms with Crippen LogP contribution in [0.4, 0.5) is 10.1 Å². The molecule has 2 rings (SSSR count). The van der Waals surface area contributed by atoms with Crippen molar-refractivity contribution >= 4 is 21.8 Å². The quantitative estimate of drug-likeness (QED) is 0.600. The fourth-order valence-corrected chi connectivity index (χ4v) is 3.26. The maximum atomic E-state index is 14.5. The Labute approximate surface area is 135 Å². The van der Waals surface area contributed by atoms with Crippen molar-refractivity contribution in [2.75, 3.05) is 30.9 Å². The lowest BCUT2D eigenvalue weighted by Gasteiger charge is -2.33. The van der Waals surface area contributed by atoms with E-state index in [1.165, 1.54) is 6.07 Å². The van der Waals surface area contributed by atoms with E-state index in [2.05, 4.69) is 0 Å². The first-order valence-electron chi connectivity index (χ1n) is 7.40. The summed E-state index contributed by atoms with van der Waals surface area (Å²) in [7, 11) is -3.49. The zero-order chi connectivity index (χ0) is 17.0. The molecule has 1 aromatic carbocycles. The summed E-state index contributed by atoms with van der Waals surface area (Å²) in [6.07, 6.45) is 1.56. The second kappa shape index (κ2) is 7.27. The van der Waals surface area contributed by atoms with Gasteiger partial charge in [0.25, 0.3) is 10.1 Å². The molecule has 0 radical (unpaired) electrons. The monoisotopic (exact) mass is 345 g/mol. The lowest BCUT2D eigenvalue weighted by atomic mass is 10.1. The normalized spacial score (nSPS) is 16.4. The number of carbonyl (C=O) groups excluding carboxylic acids is 1. The van der Waals surface area contributed by atoms with Crippen molar-refractivity contribution in [2.45, 2.75) is 25.9 Å². The average molecular weight is 345 g/mol. The number of ether oxygens (including phenoxy) is 1. The number of benzene rings is 1. The molecule has 1 aliphatic heterocycles. The van der Waals surface area contributed by atoms with Crippen LogP contribution in [-0.2, 0) is 19.0 Å². The molecule has 23 heavy (non-hydrogen) atoms. The van der Waals surface area contributed by atoms with Crippen molar-refractivity contribution in [1.82, 2.24) is 0 Å². The molecule has 1 heterocycles. The van der Waals surface area contributed by atoms with Gasteiger partial charge in [-0.15, -0.1) is 0 Å². The highest BCUT2D eigenvalue weighted by atomic mass is 32.2. The number of hydrogen-bond donors (Lipinski definition) is 0. The highest BCUT2D eigenvalue weighted by Gasteiger charge is 2.26. The molecule has 6 nitrogen and oxygen atoms in total. The Morgan fingerprint density at radius 1 is 1.35 bits per heavy atom. The molecule has 0 N–H and O–H groups in total. The molecule has 0 aliphatic carbocycles. The molecule has 0 bridgehead atoms. The van der Waals surface area contributed by atoms with Crippen molar-refractivity contribution in [2.24, 2.45) is 0 Å². The van der Waals surface area contributed by atoms with E-state index in [9.17, 15) is 17.6 Å². The number of piperidine rings is 1. The minimum Gasteiger partial charge on any atom is -0.462 e. The van der Waals surface area contributed by atoms with Gasteiger partial charge in [0, 0.05) is 13.1 Å². The fraction of sp³-hybridized carbons (Fsp3) is 0.533. The van der Waals surface area contributed by atoms with Gasteiger partial charge in [-0.3, -0.25) is 4.18 Å². The van der Waals surface area contributed by atoms with E-state index < -0.39 is 28.0 Å². The number of nitrogens with zero attached hydrogens (tertiary/aromatic N) is 1. The van der Waals surface area contributed by atoms with Crippen LogP contribution in [0.1, 0.15) is 30.1 Å². The lowest BCUT2D eigenvalue weighted by molar-refractivity contribution is 0.0521. The van der Waals surface area contributed by atoms with Gasteiger partial charge in [-0.05, 0) is 31.9 Å². The third-order valence-corrected chi connectivity index (χ3v) is 4.19. The van der Waals surface area contributed by atoms with E-state index in [1.807, 2.05) is 0 Å². The summed E-state index contributed by atoms with van der Waals surface area (Å²) in [6.45, 7) is 2.73. The Morgan fingerprint density at radius 2 is 2.00 bits per heavy atom. The van der Waals surface area contributed by atoms with Crippen LogP contribution in [0.15, 0.2) is 18.2 Å². The van der Waals surface area contributed by atoms with E-state index in [1.54, 1.807) is 24.0 Å². The first kappa shape index (κ1) is 17.7. The molecule has 0 aromatic heterocycles. The molecule has 1 aromatic rings. The predicted octanol–water partition coefficient (Wildman–Crippen LogP) is 1.95. The largest absolute Gasteiger partial charge is 0.462 e. The van der Waals surface area contributed by atoms with Crippen molar-refractivity contribution in [3.05, 3.63) is 29.6 Å². The Kier molecular flexibility index (Phi) is 5.59. The van der Waals surface area contributed by atoms with E-state index in [0.29, 0.717) is 31.6 Å². The highest BCUT2D eigenvalue weighted by Crippen LogP contribution is 2.27. The second-order valence-electron chi connectivity index (χ2n) is 5.35. The molecule has 0 saturated carbocycles. The van der Waals surface area contributed by atoms with Crippen molar-refractivity contribution in [3.63, 3.8) is 0 Å². The number of esters is 1. The predicted molar refractivity (Wildman–Crippen MR) is 83.5 cm³/mol. The summed E-state index contributed by atoms with van der Waals surface area (Å²) in [5.74, 6) is -1.31. The first-order chi connectivity index (χ1) is 10.8. The summed E-state index contributed by atoms with van der Waals surface area (Å²) >= 11 is 0. The van der Waals surface area contributed by atoms with Crippen LogP contribution in [0, 0.1) is 5.82 Å². The minimum atomic E-state index is -3.49. The molecule has 1 aliphatic rings. The van der Waals surface area contributed by atoms with Crippen LogP contribution in [0.2, 0.25) is 0 Å². The topological polar surface area (TPSA) is 72.9 Å². The van der Waals surface area contributed by atoms with E-state index in [0.717, 1.165) is 6.26 Å². The van der Waals surface area contributed by atoms with Crippen LogP contribution in [0.25, 0.3) is 0 Å². The van der Waals surface area contributed by atoms with E-state index in [4.69, 9.17) is 8.92 Å². The van der Waals surface area contributed by atoms with Gasteiger partial charge in [-0.1, -0.05) is 6.07 Å². The zero-order valence-electron chi connectivity index (χ0n) is 13.1. The molecule has 128 valence electrons. The molecule has 8 heteroatoms. The maximum Gasteiger partial charge on any atom is 0.341 e. The summed E-state index contributed by atoms with van der Waals surface area (Å²) in [5.41, 5.74) is 0.215. The molecule has 0 spiro atoms. The molecule has 0 amide bonds. The SMILES string of the molecule is CCOC(=O)c1cccc(N2CCC(OS(C)(=O)=O)CC2)c1F. The molecular weight excluding hydrogens is 325 g/mol. The van der Waals surface area contributed by atoms with Crippen molar-refractivity contribution in [3.8, 4) is 0 Å². The third kappa shape index (κ3) is 4.65. The number of halogens is 1. The second-order valence-corrected chi connectivity index (χ2v) is 6.95. The van der Waals surface area contributed by atoms with Gasteiger partial charge in [-0.2, -0.15) is 8.42 Å². The minimum absolute atomic E-state index is 0.0983. The zero-order valence-corrected chi connectivity index (χ0v) is 13.9. The van der Waals surface area contributed by atoms with Crippen molar-refractivity contribution in [1.29, 1.82) is 0 Å². The van der Waals surface area contributed by atoms with Crippen LogP contribution in [-0.4, -0.2) is 46.4 Å². The third-order valence-electron chi connectivity index (χ3n) is 3.57. The standard InChI is InChI=1S/C15H20FNO5S/c1-3-21-15(18)12-5-4-6-13(14(12)16)17-9-7-11(8-10-17)22-23(2,19)20/h4-6,11H,3,7-10H2,1-2H3. The van der Waals surface area contributed by atoms with E-state index in [-0.39, 0.29) is 12.2 Å². The Balaban J connectivity index is 2.09. The molecule has 1 saturated heterocycles. The number of anilines is 1. The Morgan fingerprint density at radius 3 is 2.57 bits per heavy atom. The van der Waals surface area contributed by atoms with Gasteiger partial charge in [0.2, 0.25) is 0 Å². The highest BCUT2D eigenvalue weighted by molar-refractivity contribution is 7.86. The smallest absolute Gasteiger partial charge is 0.341 e. The number of hydrogen-bond acceptors (Lipinski definition) is 6. The molecule has 0 atom stereocenters. The van der Waals surface area contributed by atoms with Gasteiger partial charge in [0.15, 0.2) is 5.82 Å². The van der Waals surface area contributed by atoms with Gasteiger partial charge < -0.3 is 9.64 Å². The average Bonchev–Trinajstić information content (AvgIpc) is 2.47. The number of rotatable bonds is 5. The summed E-state index contributed by atoms with van der Waals surface area (Å²) < 4.78 is 46.6. The number of carbonyl (C=O) groups is 1. The van der Waals surface area contributed by atoms with Crippen molar-refractivity contribution < 1.29 is 26.5 Å². The molecular formula is C15H20FNO5S.